The second kappa shape index (κ2) is 7.45. The smallest absolute Gasteiger partial charge is 0.253 e. The maximum atomic E-state index is 12.2. The van der Waals surface area contributed by atoms with Crippen molar-refractivity contribution in [1.82, 2.24) is 5.32 Å². The number of para-hydroxylation sites is 1. The summed E-state index contributed by atoms with van der Waals surface area (Å²) in [6, 6.07) is 14.9. The van der Waals surface area contributed by atoms with Crippen molar-refractivity contribution in [3.63, 3.8) is 0 Å². The molecule has 2 aromatic carbocycles. The Kier molecular flexibility index (Phi) is 5.11. The molecule has 0 spiro atoms. The first-order valence-corrected chi connectivity index (χ1v) is 8.56. The van der Waals surface area contributed by atoms with Crippen LogP contribution in [0.4, 0.5) is 5.69 Å². The number of carbonyl (C=O) groups excluding carboxylic acids is 2. The Morgan fingerprint density at radius 1 is 1.04 bits per heavy atom. The van der Waals surface area contributed by atoms with Crippen LogP contribution in [0.5, 0.6) is 0 Å². The first-order chi connectivity index (χ1) is 11.6. The van der Waals surface area contributed by atoms with Gasteiger partial charge in [0.1, 0.15) is 0 Å². The van der Waals surface area contributed by atoms with Gasteiger partial charge >= 0.3 is 0 Å². The van der Waals surface area contributed by atoms with Crippen LogP contribution in [0.15, 0.2) is 59.1 Å². The lowest BCUT2D eigenvalue weighted by molar-refractivity contribution is -0.111. The number of halogens is 1. The largest absolute Gasteiger partial charge is 0.349 e. The minimum absolute atomic E-state index is 0.150. The number of hydrogen-bond donors (Lipinski definition) is 2. The highest BCUT2D eigenvalue weighted by Gasteiger charge is 2.24. The van der Waals surface area contributed by atoms with Crippen LogP contribution in [0.1, 0.15) is 28.8 Å². The third kappa shape index (κ3) is 4.32. The highest BCUT2D eigenvalue weighted by Crippen LogP contribution is 2.22. The average Bonchev–Trinajstić information content (AvgIpc) is 3.38. The molecule has 0 bridgehead atoms. The van der Waals surface area contributed by atoms with Gasteiger partial charge in [0, 0.05) is 16.6 Å². The topological polar surface area (TPSA) is 58.2 Å². The van der Waals surface area contributed by atoms with Gasteiger partial charge in [-0.15, -0.1) is 0 Å². The molecule has 4 nitrogen and oxygen atoms in total. The van der Waals surface area contributed by atoms with Crippen LogP contribution in [-0.2, 0) is 4.79 Å². The summed E-state index contributed by atoms with van der Waals surface area (Å²) in [5.74, 6) is -0.430. The summed E-state index contributed by atoms with van der Waals surface area (Å²) < 4.78 is 0.915. The summed E-state index contributed by atoms with van der Waals surface area (Å²) in [7, 11) is 0. The van der Waals surface area contributed by atoms with E-state index in [0.29, 0.717) is 11.3 Å². The molecular formula is C19H17BrN2O2. The number of carbonyl (C=O) groups is 2. The van der Waals surface area contributed by atoms with Crippen LogP contribution in [0.25, 0.3) is 6.08 Å². The predicted octanol–water partition coefficient (Wildman–Crippen LogP) is 3.99. The molecule has 122 valence electrons. The van der Waals surface area contributed by atoms with Gasteiger partial charge in [-0.25, -0.2) is 0 Å². The number of anilines is 1. The van der Waals surface area contributed by atoms with Gasteiger partial charge in [-0.3, -0.25) is 9.59 Å². The molecule has 2 aromatic rings. The maximum absolute atomic E-state index is 12.2. The van der Waals surface area contributed by atoms with Crippen molar-refractivity contribution < 1.29 is 9.59 Å². The molecule has 1 aliphatic carbocycles. The Hall–Kier alpha value is -2.40. The lowest BCUT2D eigenvalue weighted by Crippen LogP contribution is -2.26. The van der Waals surface area contributed by atoms with E-state index in [0.717, 1.165) is 22.9 Å². The Balaban J connectivity index is 1.70. The molecule has 0 saturated heterocycles. The summed E-state index contributed by atoms with van der Waals surface area (Å²) in [6.07, 6.45) is 5.23. The molecule has 0 atom stereocenters. The second-order valence-corrected chi connectivity index (χ2v) is 6.49. The summed E-state index contributed by atoms with van der Waals surface area (Å²) in [6.45, 7) is 0. The first kappa shape index (κ1) is 16.5. The average molecular weight is 385 g/mol. The highest BCUT2D eigenvalue weighted by molar-refractivity contribution is 9.10. The van der Waals surface area contributed by atoms with Crippen molar-refractivity contribution in [2.75, 3.05) is 5.32 Å². The number of amides is 2. The van der Waals surface area contributed by atoms with Gasteiger partial charge in [0.05, 0.1) is 11.3 Å². The fourth-order valence-electron chi connectivity index (χ4n) is 2.23. The molecule has 2 amide bonds. The van der Waals surface area contributed by atoms with Gasteiger partial charge in [-0.05, 0) is 42.7 Å². The van der Waals surface area contributed by atoms with Crippen LogP contribution in [0.3, 0.4) is 0 Å². The Morgan fingerprint density at radius 2 is 1.75 bits per heavy atom. The molecule has 0 radical (unpaired) electrons. The van der Waals surface area contributed by atoms with E-state index in [-0.39, 0.29) is 17.9 Å². The van der Waals surface area contributed by atoms with E-state index in [4.69, 9.17) is 0 Å². The quantitative estimate of drug-likeness (QED) is 0.765. The normalized spacial score (nSPS) is 13.7. The van der Waals surface area contributed by atoms with Crippen LogP contribution >= 0.6 is 15.9 Å². The Bertz CT molecular complexity index is 797. The van der Waals surface area contributed by atoms with Gasteiger partial charge in [-0.1, -0.05) is 46.3 Å². The highest BCUT2D eigenvalue weighted by atomic mass is 79.9. The zero-order valence-electron chi connectivity index (χ0n) is 13.0. The Labute approximate surface area is 149 Å². The van der Waals surface area contributed by atoms with Gasteiger partial charge in [0.15, 0.2) is 0 Å². The molecule has 1 aliphatic rings. The molecule has 0 aromatic heterocycles. The summed E-state index contributed by atoms with van der Waals surface area (Å²) in [5.41, 5.74) is 1.90. The summed E-state index contributed by atoms with van der Waals surface area (Å²) >= 11 is 3.44. The Morgan fingerprint density at radius 3 is 2.50 bits per heavy atom. The van der Waals surface area contributed by atoms with E-state index in [2.05, 4.69) is 26.6 Å². The van der Waals surface area contributed by atoms with E-state index < -0.39 is 0 Å². The number of nitrogens with one attached hydrogen (secondary N) is 2. The molecule has 0 unspecified atom stereocenters. The zero-order valence-corrected chi connectivity index (χ0v) is 14.5. The number of hydrogen-bond acceptors (Lipinski definition) is 2. The van der Waals surface area contributed by atoms with Gasteiger partial charge in [0.25, 0.3) is 5.91 Å². The molecule has 0 aliphatic heterocycles. The molecule has 2 N–H and O–H groups in total. The van der Waals surface area contributed by atoms with E-state index >= 15 is 0 Å². The first-order valence-electron chi connectivity index (χ1n) is 7.77. The number of benzene rings is 2. The summed E-state index contributed by atoms with van der Waals surface area (Å²) in [4.78, 5) is 24.4. The minimum atomic E-state index is -0.280. The predicted molar refractivity (Wildman–Crippen MR) is 98.7 cm³/mol. The van der Waals surface area contributed by atoms with Crippen molar-refractivity contribution in [2.24, 2.45) is 0 Å². The lowest BCUT2D eigenvalue weighted by Gasteiger charge is -2.10. The van der Waals surface area contributed by atoms with Gasteiger partial charge in [-0.2, -0.15) is 0 Å². The molecule has 1 fully saturated rings. The molecule has 5 heteroatoms. The zero-order chi connectivity index (χ0) is 16.9. The van der Waals surface area contributed by atoms with Gasteiger partial charge < -0.3 is 10.6 Å². The van der Waals surface area contributed by atoms with Crippen LogP contribution < -0.4 is 10.6 Å². The van der Waals surface area contributed by atoms with Crippen molar-refractivity contribution in [2.45, 2.75) is 18.9 Å². The SMILES string of the molecule is O=C(/C=C/c1ccccc1Br)Nc1ccccc1C(=O)NC1CC1. The van der Waals surface area contributed by atoms with Crippen molar-refractivity contribution in [3.05, 3.63) is 70.2 Å². The monoisotopic (exact) mass is 384 g/mol. The standard InChI is InChI=1S/C19H17BrN2O2/c20-16-7-3-1-5-13(16)9-12-18(23)22-17-8-4-2-6-15(17)19(24)21-14-10-11-14/h1-9,12,14H,10-11H2,(H,21,24)(H,22,23)/b12-9+. The van der Waals surface area contributed by atoms with Crippen LogP contribution in [0.2, 0.25) is 0 Å². The van der Waals surface area contributed by atoms with Crippen molar-refractivity contribution >= 4 is 39.5 Å². The van der Waals surface area contributed by atoms with Crippen molar-refractivity contribution in [1.29, 1.82) is 0 Å². The second-order valence-electron chi connectivity index (χ2n) is 5.64. The summed E-state index contributed by atoms with van der Waals surface area (Å²) in [5, 5.41) is 5.71. The lowest BCUT2D eigenvalue weighted by atomic mass is 10.1. The molecule has 0 heterocycles. The fourth-order valence-corrected chi connectivity index (χ4v) is 2.65. The van der Waals surface area contributed by atoms with Crippen molar-refractivity contribution in [3.8, 4) is 0 Å². The van der Waals surface area contributed by atoms with E-state index in [1.165, 1.54) is 6.08 Å². The van der Waals surface area contributed by atoms with Gasteiger partial charge in [0.2, 0.25) is 5.91 Å². The molecule has 24 heavy (non-hydrogen) atoms. The van der Waals surface area contributed by atoms with E-state index in [1.54, 1.807) is 30.3 Å². The molecular weight excluding hydrogens is 368 g/mol. The third-order valence-corrected chi connectivity index (χ3v) is 4.38. The molecule has 3 rings (SSSR count). The minimum Gasteiger partial charge on any atom is -0.349 e. The number of rotatable bonds is 5. The maximum Gasteiger partial charge on any atom is 0.253 e. The molecule has 1 saturated carbocycles. The third-order valence-electron chi connectivity index (χ3n) is 3.66. The van der Waals surface area contributed by atoms with Crippen LogP contribution in [0, 0.1) is 0 Å². The van der Waals surface area contributed by atoms with Crippen LogP contribution in [-0.4, -0.2) is 17.9 Å². The van der Waals surface area contributed by atoms with E-state index in [9.17, 15) is 9.59 Å². The fraction of sp³-hybridized carbons (Fsp3) is 0.158. The van der Waals surface area contributed by atoms with E-state index in [1.807, 2.05) is 24.3 Å².